The van der Waals surface area contributed by atoms with E-state index in [1.54, 1.807) is 33.9 Å². The molecular formula is C28H31F12NOSi. The minimum Gasteiger partial charge on any atom is -0.402 e. The van der Waals surface area contributed by atoms with Crippen molar-refractivity contribution < 1.29 is 57.1 Å². The molecule has 242 valence electrons. The fourth-order valence-electron chi connectivity index (χ4n) is 5.08. The Bertz CT molecular complexity index is 1190. The fraction of sp³-hybridized carbons (Fsp3) is 0.571. The summed E-state index contributed by atoms with van der Waals surface area (Å²) in [5, 5.41) is 2.11. The molecule has 1 unspecified atom stereocenters. The SMILES string of the molecule is CC1(C(O[Si](C)(C)C(C)(C)C)(c2cc(C(F)(F)F)cc(C(F)(F)F)c2)c2cc(C(F)(F)F)cc(C(F)(F)F)c2)CCCN1. The molecule has 43 heavy (non-hydrogen) atoms. The molecule has 1 atom stereocenters. The quantitative estimate of drug-likeness (QED) is 0.256. The third-order valence-electron chi connectivity index (χ3n) is 8.35. The maximum atomic E-state index is 14.1. The van der Waals surface area contributed by atoms with E-state index in [-0.39, 0.29) is 31.5 Å². The summed E-state index contributed by atoms with van der Waals surface area (Å²) in [5.74, 6) is 0. The van der Waals surface area contributed by atoms with Crippen molar-refractivity contribution in [3.05, 3.63) is 69.8 Å². The predicted molar refractivity (Wildman–Crippen MR) is 138 cm³/mol. The van der Waals surface area contributed by atoms with E-state index in [0.717, 1.165) is 0 Å². The van der Waals surface area contributed by atoms with Gasteiger partial charge in [-0.1, -0.05) is 20.8 Å². The van der Waals surface area contributed by atoms with Gasteiger partial charge in [0.05, 0.1) is 27.8 Å². The number of hydrogen-bond donors (Lipinski definition) is 1. The minimum absolute atomic E-state index is 0.0587. The molecule has 2 aromatic carbocycles. The maximum Gasteiger partial charge on any atom is 0.416 e. The van der Waals surface area contributed by atoms with Crippen molar-refractivity contribution in [1.82, 2.24) is 5.32 Å². The number of nitrogens with one attached hydrogen (secondary N) is 1. The summed E-state index contributed by atoms with van der Waals surface area (Å²) in [4.78, 5) is 0. The summed E-state index contributed by atoms with van der Waals surface area (Å²) in [6.45, 7) is 9.54. The van der Waals surface area contributed by atoms with Crippen molar-refractivity contribution in [2.45, 2.75) is 94.5 Å². The fourth-order valence-corrected chi connectivity index (χ4v) is 6.61. The highest BCUT2D eigenvalue weighted by Crippen LogP contribution is 2.54. The molecule has 0 saturated carbocycles. The third-order valence-corrected chi connectivity index (χ3v) is 12.8. The highest BCUT2D eigenvalue weighted by atomic mass is 28.4. The molecule has 15 heteroatoms. The Morgan fingerprint density at radius 3 is 1.14 bits per heavy atom. The lowest BCUT2D eigenvalue weighted by Crippen LogP contribution is -2.63. The van der Waals surface area contributed by atoms with Crippen LogP contribution in [-0.2, 0) is 34.7 Å². The van der Waals surface area contributed by atoms with Crippen LogP contribution in [0.1, 0.15) is 73.9 Å². The highest BCUT2D eigenvalue weighted by Gasteiger charge is 2.59. The van der Waals surface area contributed by atoms with Crippen LogP contribution in [0.15, 0.2) is 36.4 Å². The summed E-state index contributed by atoms with van der Waals surface area (Å²) >= 11 is 0. The predicted octanol–water partition coefficient (Wildman–Crippen LogP) is 10.2. The van der Waals surface area contributed by atoms with E-state index < -0.39 is 82.6 Å². The monoisotopic (exact) mass is 653 g/mol. The second kappa shape index (κ2) is 10.7. The number of hydrogen-bond acceptors (Lipinski definition) is 2. The van der Waals surface area contributed by atoms with E-state index >= 15 is 0 Å². The largest absolute Gasteiger partial charge is 0.416 e. The van der Waals surface area contributed by atoms with E-state index in [4.69, 9.17) is 4.43 Å². The van der Waals surface area contributed by atoms with Gasteiger partial charge in [0, 0.05) is 0 Å². The van der Waals surface area contributed by atoms with Crippen LogP contribution in [0.2, 0.25) is 18.1 Å². The van der Waals surface area contributed by atoms with Gasteiger partial charge in [-0.3, -0.25) is 0 Å². The van der Waals surface area contributed by atoms with Gasteiger partial charge in [-0.05, 0) is 92.0 Å². The highest BCUT2D eigenvalue weighted by molar-refractivity contribution is 6.74. The average Bonchev–Trinajstić information content (AvgIpc) is 3.26. The summed E-state index contributed by atoms with van der Waals surface area (Å²) in [7, 11) is -3.44. The minimum atomic E-state index is -5.35. The van der Waals surface area contributed by atoms with E-state index in [1.807, 2.05) is 0 Å². The number of rotatable bonds is 5. The number of benzene rings is 2. The van der Waals surface area contributed by atoms with E-state index in [1.165, 1.54) is 6.92 Å². The molecule has 1 N–H and O–H groups in total. The molecule has 3 rings (SSSR count). The van der Waals surface area contributed by atoms with E-state index in [2.05, 4.69) is 5.32 Å². The topological polar surface area (TPSA) is 21.3 Å². The Labute approximate surface area is 241 Å². The van der Waals surface area contributed by atoms with Crippen LogP contribution in [-0.4, -0.2) is 20.4 Å². The number of alkyl halides is 12. The Hall–Kier alpha value is -2.26. The summed E-state index contributed by atoms with van der Waals surface area (Å²) in [5.41, 5.74) is -13.3. The molecular weight excluding hydrogens is 622 g/mol. The molecule has 2 aromatic rings. The van der Waals surface area contributed by atoms with Crippen LogP contribution in [0.3, 0.4) is 0 Å². The van der Waals surface area contributed by atoms with Crippen LogP contribution >= 0.6 is 0 Å². The van der Waals surface area contributed by atoms with Gasteiger partial charge in [-0.15, -0.1) is 0 Å². The second-order valence-electron chi connectivity index (χ2n) is 12.5. The van der Waals surface area contributed by atoms with Crippen molar-refractivity contribution in [2.24, 2.45) is 0 Å². The zero-order valence-corrected chi connectivity index (χ0v) is 25.0. The molecule has 1 heterocycles. The van der Waals surface area contributed by atoms with Crippen molar-refractivity contribution in [1.29, 1.82) is 0 Å². The zero-order chi connectivity index (χ0) is 33.2. The third kappa shape index (κ3) is 6.87. The molecule has 0 radical (unpaired) electrons. The lowest BCUT2D eigenvalue weighted by molar-refractivity contribution is -0.144. The Balaban J connectivity index is 2.69. The first-order chi connectivity index (χ1) is 19.0. The van der Waals surface area contributed by atoms with Gasteiger partial charge in [0.25, 0.3) is 0 Å². The molecule has 0 amide bonds. The van der Waals surface area contributed by atoms with Crippen LogP contribution in [0, 0.1) is 0 Å². The van der Waals surface area contributed by atoms with Gasteiger partial charge in [-0.2, -0.15) is 52.7 Å². The normalized spacial score (nSPS) is 19.7. The maximum absolute atomic E-state index is 14.1. The van der Waals surface area contributed by atoms with Gasteiger partial charge in [0.1, 0.15) is 5.60 Å². The molecule has 0 bridgehead atoms. The summed E-state index contributed by atoms with van der Waals surface area (Å²) in [6, 6.07) is 0.973. The van der Waals surface area contributed by atoms with Crippen LogP contribution in [0.4, 0.5) is 52.7 Å². The number of halogens is 12. The second-order valence-corrected chi connectivity index (χ2v) is 17.2. The Morgan fingerprint density at radius 1 is 0.605 bits per heavy atom. The van der Waals surface area contributed by atoms with Crippen LogP contribution in [0.5, 0.6) is 0 Å². The average molecular weight is 654 g/mol. The van der Waals surface area contributed by atoms with Crippen molar-refractivity contribution >= 4 is 8.32 Å². The van der Waals surface area contributed by atoms with Crippen molar-refractivity contribution in [3.63, 3.8) is 0 Å². The zero-order valence-electron chi connectivity index (χ0n) is 24.0. The van der Waals surface area contributed by atoms with Gasteiger partial charge in [0.2, 0.25) is 0 Å². The molecule has 1 aliphatic rings. The van der Waals surface area contributed by atoms with Crippen molar-refractivity contribution in [3.8, 4) is 0 Å². The lowest BCUT2D eigenvalue weighted by atomic mass is 9.69. The Kier molecular flexibility index (Phi) is 8.74. The lowest BCUT2D eigenvalue weighted by Gasteiger charge is -2.54. The summed E-state index contributed by atoms with van der Waals surface area (Å²) in [6.07, 6.45) is -21.2. The molecule has 1 saturated heterocycles. The van der Waals surface area contributed by atoms with Crippen LogP contribution in [0.25, 0.3) is 0 Å². The van der Waals surface area contributed by atoms with Gasteiger partial charge in [0.15, 0.2) is 8.32 Å². The molecule has 0 aliphatic carbocycles. The molecule has 2 nitrogen and oxygen atoms in total. The van der Waals surface area contributed by atoms with E-state index in [0.29, 0.717) is 24.3 Å². The molecule has 0 aromatic heterocycles. The standard InChI is InChI=1S/C28H31F12NOSi/c1-22(2,3)43(5,6)42-24(23(4)8-7-9-41-23,16-10-18(25(29,30)31)14-19(11-16)26(32,33)34)17-12-20(27(35,36)37)15-21(13-17)28(38,39)40/h10-15,41H,7-9H2,1-6H3. The van der Waals surface area contributed by atoms with E-state index in [9.17, 15) is 52.7 Å². The first-order valence-electron chi connectivity index (χ1n) is 13.1. The van der Waals surface area contributed by atoms with Gasteiger partial charge in [-0.25, -0.2) is 0 Å². The summed E-state index contributed by atoms with van der Waals surface area (Å²) < 4.78 is 175. The van der Waals surface area contributed by atoms with Crippen LogP contribution < -0.4 is 5.32 Å². The molecule has 1 aliphatic heterocycles. The molecule has 1 fully saturated rings. The van der Waals surface area contributed by atoms with Crippen molar-refractivity contribution in [2.75, 3.05) is 6.54 Å². The first kappa shape index (κ1) is 35.2. The smallest absolute Gasteiger partial charge is 0.402 e. The first-order valence-corrected chi connectivity index (χ1v) is 16.0. The van der Waals surface area contributed by atoms with Gasteiger partial charge < -0.3 is 9.74 Å². The van der Waals surface area contributed by atoms with Gasteiger partial charge >= 0.3 is 24.7 Å². The molecule has 0 spiro atoms. The Morgan fingerprint density at radius 2 is 0.907 bits per heavy atom.